The van der Waals surface area contributed by atoms with Crippen LogP contribution in [0.3, 0.4) is 0 Å². The Labute approximate surface area is 127 Å². The molecule has 0 spiro atoms. The van der Waals surface area contributed by atoms with Crippen molar-refractivity contribution in [3.63, 3.8) is 0 Å². The number of carbonyl (C=O) groups is 2. The summed E-state index contributed by atoms with van der Waals surface area (Å²) in [5.74, 6) is -0.255. The number of hydrogen-bond acceptors (Lipinski definition) is 3. The number of primary amides is 1. The number of rotatable bonds is 2. The highest BCUT2D eigenvalue weighted by molar-refractivity contribution is 7.21. The summed E-state index contributed by atoms with van der Waals surface area (Å²) in [5, 5.41) is 1.15. The fourth-order valence-corrected chi connectivity index (χ4v) is 4.07. The molecule has 0 radical (unpaired) electrons. The Kier molecular flexibility index (Phi) is 3.68. The predicted octanol–water partition coefficient (Wildman–Crippen LogP) is 2.55. The summed E-state index contributed by atoms with van der Waals surface area (Å²) in [5.41, 5.74) is 6.39. The standard InChI is InChI=1S/C16H18N2O2S/c1-10-12-4-2-3-5-13(12)21-14(10)16(20)18-8-6-11(7-9-18)15(17)19/h2-5,11H,6-9H2,1H3,(H2,17,19). The quantitative estimate of drug-likeness (QED) is 0.926. The second kappa shape index (κ2) is 5.48. The predicted molar refractivity (Wildman–Crippen MR) is 84.4 cm³/mol. The lowest BCUT2D eigenvalue weighted by molar-refractivity contribution is -0.123. The molecule has 5 heteroatoms. The van der Waals surface area contributed by atoms with Gasteiger partial charge in [-0.15, -0.1) is 11.3 Å². The van der Waals surface area contributed by atoms with Gasteiger partial charge >= 0.3 is 0 Å². The van der Waals surface area contributed by atoms with Crippen molar-refractivity contribution in [3.05, 3.63) is 34.7 Å². The number of aryl methyl sites for hydroxylation is 1. The Bertz CT molecular complexity index is 699. The summed E-state index contributed by atoms with van der Waals surface area (Å²) in [6.45, 7) is 3.22. The second-order valence-corrected chi connectivity index (χ2v) is 6.57. The molecule has 0 unspecified atom stereocenters. The van der Waals surface area contributed by atoms with Crippen LogP contribution in [-0.2, 0) is 4.79 Å². The van der Waals surface area contributed by atoms with Crippen LogP contribution < -0.4 is 5.73 Å². The molecule has 2 aromatic rings. The van der Waals surface area contributed by atoms with Gasteiger partial charge in [-0.05, 0) is 36.8 Å². The third kappa shape index (κ3) is 2.53. The molecule has 4 nitrogen and oxygen atoms in total. The second-order valence-electron chi connectivity index (χ2n) is 5.52. The molecule has 0 bridgehead atoms. The first-order valence-electron chi connectivity index (χ1n) is 7.14. The van der Waals surface area contributed by atoms with Crippen molar-refractivity contribution in [2.45, 2.75) is 19.8 Å². The number of benzene rings is 1. The Morgan fingerprint density at radius 3 is 2.52 bits per heavy atom. The average molecular weight is 302 g/mol. The van der Waals surface area contributed by atoms with Crippen LogP contribution in [0.5, 0.6) is 0 Å². The SMILES string of the molecule is Cc1c(C(=O)N2CCC(C(N)=O)CC2)sc2ccccc12. The van der Waals surface area contributed by atoms with Crippen molar-refractivity contribution in [2.75, 3.05) is 13.1 Å². The zero-order valence-corrected chi connectivity index (χ0v) is 12.8. The molecule has 1 fully saturated rings. The van der Waals surface area contributed by atoms with E-state index >= 15 is 0 Å². The number of fused-ring (bicyclic) bond motifs is 1. The van der Waals surface area contributed by atoms with E-state index in [-0.39, 0.29) is 17.7 Å². The summed E-state index contributed by atoms with van der Waals surface area (Å²) >= 11 is 1.55. The van der Waals surface area contributed by atoms with Crippen molar-refractivity contribution in [3.8, 4) is 0 Å². The first kappa shape index (κ1) is 14.1. The Morgan fingerprint density at radius 2 is 1.90 bits per heavy atom. The van der Waals surface area contributed by atoms with Gasteiger partial charge in [0.25, 0.3) is 5.91 Å². The van der Waals surface area contributed by atoms with E-state index in [4.69, 9.17) is 5.73 Å². The molecule has 110 valence electrons. The summed E-state index contributed by atoms with van der Waals surface area (Å²) in [7, 11) is 0. The third-order valence-corrected chi connectivity index (χ3v) is 5.48. The number of nitrogens with two attached hydrogens (primary N) is 1. The lowest BCUT2D eigenvalue weighted by Crippen LogP contribution is -2.41. The van der Waals surface area contributed by atoms with Gasteiger partial charge in [-0.2, -0.15) is 0 Å². The third-order valence-electron chi connectivity index (χ3n) is 4.22. The van der Waals surface area contributed by atoms with Gasteiger partial charge in [0.1, 0.15) is 0 Å². The van der Waals surface area contributed by atoms with Crippen LogP contribution in [0.15, 0.2) is 24.3 Å². The highest BCUT2D eigenvalue weighted by Crippen LogP contribution is 2.32. The molecule has 2 N–H and O–H groups in total. The van der Waals surface area contributed by atoms with Crippen LogP contribution in [0.25, 0.3) is 10.1 Å². The van der Waals surface area contributed by atoms with Gasteiger partial charge in [-0.3, -0.25) is 9.59 Å². The van der Waals surface area contributed by atoms with Crippen molar-refractivity contribution in [2.24, 2.45) is 11.7 Å². The molecule has 0 atom stereocenters. The van der Waals surface area contributed by atoms with Crippen molar-refractivity contribution >= 4 is 33.2 Å². The van der Waals surface area contributed by atoms with Crippen LogP contribution in [0, 0.1) is 12.8 Å². The summed E-state index contributed by atoms with van der Waals surface area (Å²) < 4.78 is 1.14. The smallest absolute Gasteiger partial charge is 0.264 e. The monoisotopic (exact) mass is 302 g/mol. The first-order chi connectivity index (χ1) is 10.1. The number of carbonyl (C=O) groups excluding carboxylic acids is 2. The molecule has 3 rings (SSSR count). The first-order valence-corrected chi connectivity index (χ1v) is 7.96. The molecule has 1 saturated heterocycles. The Hall–Kier alpha value is -1.88. The van der Waals surface area contributed by atoms with E-state index in [0.29, 0.717) is 25.9 Å². The molecule has 1 aliphatic heterocycles. The van der Waals surface area contributed by atoms with Crippen LogP contribution in [0.2, 0.25) is 0 Å². The van der Waals surface area contributed by atoms with E-state index in [1.165, 1.54) is 0 Å². The van der Waals surface area contributed by atoms with Crippen LogP contribution in [0.4, 0.5) is 0 Å². The summed E-state index contributed by atoms with van der Waals surface area (Å²) in [6, 6.07) is 8.08. The Balaban J connectivity index is 1.82. The molecule has 1 aromatic carbocycles. The van der Waals surface area contributed by atoms with Gasteiger partial charge in [-0.1, -0.05) is 18.2 Å². The minimum atomic E-state index is -0.250. The molecule has 2 heterocycles. The van der Waals surface area contributed by atoms with E-state index in [2.05, 4.69) is 6.07 Å². The Morgan fingerprint density at radius 1 is 1.24 bits per heavy atom. The molecule has 0 aliphatic carbocycles. The molecule has 21 heavy (non-hydrogen) atoms. The minimum absolute atomic E-state index is 0.0802. The average Bonchev–Trinajstić information content (AvgIpc) is 2.84. The lowest BCUT2D eigenvalue weighted by Gasteiger charge is -2.30. The van der Waals surface area contributed by atoms with E-state index in [9.17, 15) is 9.59 Å². The fraction of sp³-hybridized carbons (Fsp3) is 0.375. The highest BCUT2D eigenvalue weighted by Gasteiger charge is 2.28. The maximum absolute atomic E-state index is 12.7. The van der Waals surface area contributed by atoms with Crippen LogP contribution >= 0.6 is 11.3 Å². The van der Waals surface area contributed by atoms with Crippen molar-refractivity contribution < 1.29 is 9.59 Å². The minimum Gasteiger partial charge on any atom is -0.369 e. The number of likely N-dealkylation sites (tertiary alicyclic amines) is 1. The fourth-order valence-electron chi connectivity index (χ4n) is 2.89. The number of piperidine rings is 1. The highest BCUT2D eigenvalue weighted by atomic mass is 32.1. The number of amides is 2. The van der Waals surface area contributed by atoms with Gasteiger partial charge in [-0.25, -0.2) is 0 Å². The molecule has 0 saturated carbocycles. The van der Waals surface area contributed by atoms with Crippen LogP contribution in [0.1, 0.15) is 28.1 Å². The number of nitrogens with zero attached hydrogens (tertiary/aromatic N) is 1. The van der Waals surface area contributed by atoms with E-state index < -0.39 is 0 Å². The zero-order valence-electron chi connectivity index (χ0n) is 12.0. The maximum Gasteiger partial charge on any atom is 0.264 e. The van der Waals surface area contributed by atoms with Gasteiger partial charge in [0.15, 0.2) is 0 Å². The van der Waals surface area contributed by atoms with Crippen molar-refractivity contribution in [1.29, 1.82) is 0 Å². The van der Waals surface area contributed by atoms with Gasteiger partial charge in [0.05, 0.1) is 4.88 Å². The molecule has 1 aromatic heterocycles. The molecular weight excluding hydrogens is 284 g/mol. The normalized spacial score (nSPS) is 16.3. The lowest BCUT2D eigenvalue weighted by atomic mass is 9.96. The van der Waals surface area contributed by atoms with E-state index in [1.807, 2.05) is 30.0 Å². The zero-order chi connectivity index (χ0) is 15.0. The van der Waals surface area contributed by atoms with Gasteiger partial charge in [0.2, 0.25) is 5.91 Å². The van der Waals surface area contributed by atoms with Crippen molar-refractivity contribution in [1.82, 2.24) is 4.90 Å². The van der Waals surface area contributed by atoms with Gasteiger partial charge in [0, 0.05) is 23.7 Å². The van der Waals surface area contributed by atoms with E-state index in [1.54, 1.807) is 11.3 Å². The van der Waals surface area contributed by atoms with Crippen LogP contribution in [-0.4, -0.2) is 29.8 Å². The molecule has 2 amide bonds. The van der Waals surface area contributed by atoms with E-state index in [0.717, 1.165) is 20.5 Å². The summed E-state index contributed by atoms with van der Waals surface area (Å²) in [4.78, 5) is 26.5. The molecule has 1 aliphatic rings. The molecular formula is C16H18N2O2S. The number of thiophene rings is 1. The maximum atomic E-state index is 12.7. The topological polar surface area (TPSA) is 63.4 Å². The summed E-state index contributed by atoms with van der Waals surface area (Å²) in [6.07, 6.45) is 1.34. The number of hydrogen-bond donors (Lipinski definition) is 1. The van der Waals surface area contributed by atoms with Gasteiger partial charge < -0.3 is 10.6 Å². The largest absolute Gasteiger partial charge is 0.369 e.